The molecule has 0 radical (unpaired) electrons. The summed E-state index contributed by atoms with van der Waals surface area (Å²) in [5, 5.41) is 11.3. The fraction of sp³-hybridized carbons (Fsp3) is 0.292. The Balaban J connectivity index is 1.15. The highest BCUT2D eigenvalue weighted by molar-refractivity contribution is 7.16. The molecule has 9 heteroatoms. The predicted molar refractivity (Wildman–Crippen MR) is 130 cm³/mol. The maximum absolute atomic E-state index is 12.5. The Morgan fingerprint density at radius 2 is 1.91 bits per heavy atom. The van der Waals surface area contributed by atoms with E-state index in [2.05, 4.69) is 15.5 Å². The molecule has 0 saturated carbocycles. The zero-order valence-corrected chi connectivity index (χ0v) is 20.1. The van der Waals surface area contributed by atoms with E-state index in [1.165, 1.54) is 11.3 Å². The second-order valence-corrected chi connectivity index (χ2v) is 9.21. The molecule has 0 saturated heterocycles. The highest BCUT2D eigenvalue weighted by atomic mass is 32.1. The average molecular weight is 484 g/mol. The monoisotopic (exact) mass is 483 g/mol. The van der Waals surface area contributed by atoms with Crippen molar-refractivity contribution in [2.45, 2.75) is 33.3 Å². The Morgan fingerprint density at radius 3 is 2.64 bits per heavy atom. The summed E-state index contributed by atoms with van der Waals surface area (Å²) in [4.78, 5) is 18.1. The summed E-state index contributed by atoms with van der Waals surface area (Å²) < 4.78 is 16.6. The van der Waals surface area contributed by atoms with E-state index < -0.39 is 0 Å². The van der Waals surface area contributed by atoms with E-state index in [0.29, 0.717) is 30.5 Å². The van der Waals surface area contributed by atoms with Crippen molar-refractivity contribution in [2.75, 3.05) is 18.5 Å². The zero-order valence-electron chi connectivity index (χ0n) is 18.5. The number of ether oxygens (including phenoxy) is 2. The van der Waals surface area contributed by atoms with Gasteiger partial charge in [-0.15, -0.1) is 22.7 Å². The van der Waals surface area contributed by atoms with E-state index in [0.717, 1.165) is 46.2 Å². The molecule has 0 aliphatic heterocycles. The number of hydrogen-bond acceptors (Lipinski definition) is 8. The summed E-state index contributed by atoms with van der Waals surface area (Å²) in [6.45, 7) is 5.56. The Labute approximate surface area is 200 Å². The van der Waals surface area contributed by atoms with Gasteiger partial charge in [-0.25, -0.2) is 4.98 Å². The van der Waals surface area contributed by atoms with Crippen molar-refractivity contribution >= 4 is 33.7 Å². The van der Waals surface area contributed by atoms with Crippen LogP contribution in [0, 0.1) is 13.8 Å². The quantitative estimate of drug-likeness (QED) is 0.259. The minimum absolute atomic E-state index is 0.191. The van der Waals surface area contributed by atoms with Gasteiger partial charge in [0.2, 0.25) is 0 Å². The molecule has 7 nitrogen and oxygen atoms in total. The first kappa shape index (κ1) is 23.2. The molecule has 0 unspecified atom stereocenters. The van der Waals surface area contributed by atoms with Gasteiger partial charge in [0, 0.05) is 23.1 Å². The van der Waals surface area contributed by atoms with E-state index in [1.807, 2.05) is 48.9 Å². The van der Waals surface area contributed by atoms with Crippen LogP contribution in [-0.4, -0.2) is 29.3 Å². The molecular weight excluding hydrogens is 458 g/mol. The maximum atomic E-state index is 12.5. The topological polar surface area (TPSA) is 86.5 Å². The zero-order chi connectivity index (χ0) is 23.0. The van der Waals surface area contributed by atoms with Crippen LogP contribution in [0.3, 0.4) is 0 Å². The summed E-state index contributed by atoms with van der Waals surface area (Å²) in [6, 6.07) is 11.1. The number of rotatable bonds is 11. The molecule has 4 aromatic rings. The lowest BCUT2D eigenvalue weighted by atomic mass is 10.2. The van der Waals surface area contributed by atoms with Crippen LogP contribution in [0.2, 0.25) is 0 Å². The summed E-state index contributed by atoms with van der Waals surface area (Å²) in [7, 11) is 0. The molecule has 4 rings (SSSR count). The van der Waals surface area contributed by atoms with Crippen molar-refractivity contribution in [3.05, 3.63) is 69.7 Å². The molecule has 3 aromatic heterocycles. The standard InChI is InChI=1S/C24H25N3O4S2/c1-16-20(17(2)31-27-16)14-29-11-3-4-12-30-19-9-7-18(8-10-19)23(28)26-24-25-21(15-33-24)22-6-5-13-32-22/h5-10,13,15H,3-4,11-12,14H2,1-2H3,(H,25,26,28). The van der Waals surface area contributed by atoms with Crippen LogP contribution >= 0.6 is 22.7 Å². The van der Waals surface area contributed by atoms with Gasteiger partial charge in [-0.1, -0.05) is 11.2 Å². The second kappa shape index (κ2) is 11.2. The molecule has 0 aliphatic carbocycles. The number of benzene rings is 1. The van der Waals surface area contributed by atoms with Crippen molar-refractivity contribution in [1.82, 2.24) is 10.1 Å². The first-order valence-electron chi connectivity index (χ1n) is 10.6. The Bertz CT molecular complexity index is 1150. The molecule has 33 heavy (non-hydrogen) atoms. The molecule has 172 valence electrons. The first-order valence-corrected chi connectivity index (χ1v) is 12.4. The Hall–Kier alpha value is -3.01. The molecular formula is C24H25N3O4S2. The lowest BCUT2D eigenvalue weighted by molar-refractivity contribution is 0.102. The number of nitrogens with zero attached hydrogens (tertiary/aromatic N) is 2. The van der Waals surface area contributed by atoms with E-state index in [1.54, 1.807) is 23.5 Å². The molecule has 0 atom stereocenters. The number of thiophene rings is 1. The van der Waals surface area contributed by atoms with Crippen LogP contribution in [0.15, 0.2) is 51.7 Å². The van der Waals surface area contributed by atoms with E-state index in [-0.39, 0.29) is 5.91 Å². The number of aryl methyl sites for hydroxylation is 2. The minimum atomic E-state index is -0.191. The Kier molecular flexibility index (Phi) is 7.87. The molecule has 1 amide bonds. The highest BCUT2D eigenvalue weighted by Gasteiger charge is 2.11. The molecule has 1 aromatic carbocycles. The largest absolute Gasteiger partial charge is 0.494 e. The van der Waals surface area contributed by atoms with E-state index in [9.17, 15) is 4.79 Å². The van der Waals surface area contributed by atoms with Crippen LogP contribution in [0.4, 0.5) is 5.13 Å². The lowest BCUT2D eigenvalue weighted by Crippen LogP contribution is -2.11. The van der Waals surface area contributed by atoms with Gasteiger partial charge in [0.25, 0.3) is 5.91 Å². The fourth-order valence-corrected chi connectivity index (χ4v) is 4.59. The molecule has 0 fully saturated rings. The summed E-state index contributed by atoms with van der Waals surface area (Å²) in [6.07, 6.45) is 1.77. The molecule has 3 heterocycles. The van der Waals surface area contributed by atoms with Gasteiger partial charge < -0.3 is 14.0 Å². The lowest BCUT2D eigenvalue weighted by Gasteiger charge is -2.08. The third kappa shape index (κ3) is 6.28. The van der Waals surface area contributed by atoms with E-state index >= 15 is 0 Å². The minimum Gasteiger partial charge on any atom is -0.494 e. The van der Waals surface area contributed by atoms with Crippen LogP contribution in [0.1, 0.15) is 40.2 Å². The van der Waals surface area contributed by atoms with Crippen LogP contribution in [-0.2, 0) is 11.3 Å². The van der Waals surface area contributed by atoms with Crippen molar-refractivity contribution in [2.24, 2.45) is 0 Å². The number of carbonyl (C=O) groups is 1. The van der Waals surface area contributed by atoms with Crippen LogP contribution in [0.5, 0.6) is 5.75 Å². The normalized spacial score (nSPS) is 11.0. The van der Waals surface area contributed by atoms with Gasteiger partial charge >= 0.3 is 0 Å². The predicted octanol–water partition coefficient (Wildman–Crippen LogP) is 6.10. The van der Waals surface area contributed by atoms with Crippen molar-refractivity contribution in [3.63, 3.8) is 0 Å². The summed E-state index contributed by atoms with van der Waals surface area (Å²) in [5.74, 6) is 1.35. The van der Waals surface area contributed by atoms with Gasteiger partial charge in [-0.05, 0) is 62.4 Å². The summed E-state index contributed by atoms with van der Waals surface area (Å²) >= 11 is 3.04. The SMILES string of the molecule is Cc1noc(C)c1COCCCCOc1ccc(C(=O)Nc2nc(-c3cccs3)cs2)cc1. The first-order chi connectivity index (χ1) is 16.1. The average Bonchev–Trinajstić information content (AvgIpc) is 3.57. The van der Waals surface area contributed by atoms with Crippen LogP contribution in [0.25, 0.3) is 10.6 Å². The van der Waals surface area contributed by atoms with Gasteiger partial charge in [0.05, 0.1) is 29.5 Å². The number of carbonyl (C=O) groups excluding carboxylic acids is 1. The van der Waals surface area contributed by atoms with Crippen LogP contribution < -0.4 is 10.1 Å². The molecule has 1 N–H and O–H groups in total. The number of anilines is 1. The number of hydrogen-bond donors (Lipinski definition) is 1. The van der Waals surface area contributed by atoms with Crippen molar-refractivity contribution in [1.29, 1.82) is 0 Å². The third-order valence-electron chi connectivity index (χ3n) is 4.99. The second-order valence-electron chi connectivity index (χ2n) is 7.40. The maximum Gasteiger partial charge on any atom is 0.257 e. The van der Waals surface area contributed by atoms with Gasteiger partial charge in [-0.2, -0.15) is 0 Å². The van der Waals surface area contributed by atoms with Gasteiger partial charge in [0.1, 0.15) is 11.5 Å². The number of unbranched alkanes of at least 4 members (excludes halogenated alkanes) is 1. The van der Waals surface area contributed by atoms with Gasteiger partial charge in [0.15, 0.2) is 5.13 Å². The number of amides is 1. The number of nitrogens with one attached hydrogen (secondary N) is 1. The fourth-order valence-electron chi connectivity index (χ4n) is 3.12. The summed E-state index contributed by atoms with van der Waals surface area (Å²) in [5.41, 5.74) is 3.34. The molecule has 0 aliphatic rings. The highest BCUT2D eigenvalue weighted by Crippen LogP contribution is 2.28. The Morgan fingerprint density at radius 1 is 1.09 bits per heavy atom. The molecule has 0 spiro atoms. The van der Waals surface area contributed by atoms with Gasteiger partial charge in [-0.3, -0.25) is 10.1 Å². The van der Waals surface area contributed by atoms with E-state index in [4.69, 9.17) is 14.0 Å². The number of thiazole rings is 1. The number of aromatic nitrogens is 2. The molecule has 0 bridgehead atoms. The van der Waals surface area contributed by atoms with Crippen molar-refractivity contribution < 1.29 is 18.8 Å². The smallest absolute Gasteiger partial charge is 0.257 e. The van der Waals surface area contributed by atoms with Crippen molar-refractivity contribution in [3.8, 4) is 16.3 Å². The third-order valence-corrected chi connectivity index (χ3v) is 6.64.